The molecule has 1 N–H and O–H groups in total. The van der Waals surface area contributed by atoms with Gasteiger partial charge in [0, 0.05) is 26.3 Å². The number of hydrogen-bond donors (Lipinski definition) is 1. The topological polar surface area (TPSA) is 41.6 Å². The van der Waals surface area contributed by atoms with Crippen LogP contribution >= 0.6 is 0 Å². The average molecular weight is 186 g/mol. The van der Waals surface area contributed by atoms with Gasteiger partial charge in [0.2, 0.25) is 0 Å². The van der Waals surface area contributed by atoms with Crippen molar-refractivity contribution in [1.82, 2.24) is 10.2 Å². The van der Waals surface area contributed by atoms with Crippen LogP contribution in [0.5, 0.6) is 0 Å². The van der Waals surface area contributed by atoms with Crippen LogP contribution in [0, 0.1) is 5.92 Å². The SMILES string of the molecule is CCOC(=O)C(C)CN1CCNC1. The lowest BCUT2D eigenvalue weighted by Crippen LogP contribution is -2.31. The molecule has 1 unspecified atom stereocenters. The molecule has 76 valence electrons. The zero-order valence-corrected chi connectivity index (χ0v) is 8.38. The third-order valence-corrected chi connectivity index (χ3v) is 2.16. The molecule has 1 atom stereocenters. The lowest BCUT2D eigenvalue weighted by Gasteiger charge is -2.17. The first-order valence-electron chi connectivity index (χ1n) is 4.83. The number of carbonyl (C=O) groups excluding carboxylic acids is 1. The summed E-state index contributed by atoms with van der Waals surface area (Å²) in [5.74, 6) is -0.103. The molecule has 4 nitrogen and oxygen atoms in total. The van der Waals surface area contributed by atoms with Crippen LogP contribution in [0.25, 0.3) is 0 Å². The fourth-order valence-electron chi connectivity index (χ4n) is 1.46. The van der Waals surface area contributed by atoms with E-state index in [0.717, 1.165) is 26.3 Å². The Morgan fingerprint density at radius 1 is 1.69 bits per heavy atom. The Bertz CT molecular complexity index is 167. The molecule has 0 bridgehead atoms. The van der Waals surface area contributed by atoms with Gasteiger partial charge in [-0.05, 0) is 6.92 Å². The van der Waals surface area contributed by atoms with Crippen LogP contribution in [0.15, 0.2) is 0 Å². The van der Waals surface area contributed by atoms with Gasteiger partial charge < -0.3 is 10.1 Å². The van der Waals surface area contributed by atoms with Gasteiger partial charge >= 0.3 is 5.97 Å². The van der Waals surface area contributed by atoms with Gasteiger partial charge in [0.25, 0.3) is 0 Å². The number of nitrogens with one attached hydrogen (secondary N) is 1. The summed E-state index contributed by atoms with van der Waals surface area (Å²) in [7, 11) is 0. The molecular formula is C9H18N2O2. The van der Waals surface area contributed by atoms with Crippen molar-refractivity contribution in [2.24, 2.45) is 5.92 Å². The van der Waals surface area contributed by atoms with E-state index in [4.69, 9.17) is 4.74 Å². The number of esters is 1. The first-order valence-corrected chi connectivity index (χ1v) is 4.83. The van der Waals surface area contributed by atoms with Gasteiger partial charge in [-0.15, -0.1) is 0 Å². The minimum Gasteiger partial charge on any atom is -0.466 e. The van der Waals surface area contributed by atoms with E-state index in [0.29, 0.717) is 6.61 Å². The van der Waals surface area contributed by atoms with Gasteiger partial charge in [0.1, 0.15) is 0 Å². The van der Waals surface area contributed by atoms with E-state index >= 15 is 0 Å². The minimum absolute atomic E-state index is 0.0140. The monoisotopic (exact) mass is 186 g/mol. The number of hydrogen-bond acceptors (Lipinski definition) is 4. The van der Waals surface area contributed by atoms with Crippen LogP contribution in [0.1, 0.15) is 13.8 Å². The first-order chi connectivity index (χ1) is 6.24. The maximum atomic E-state index is 11.3. The van der Waals surface area contributed by atoms with Crippen molar-refractivity contribution in [3.8, 4) is 0 Å². The van der Waals surface area contributed by atoms with Gasteiger partial charge in [-0.3, -0.25) is 9.69 Å². The molecule has 0 aliphatic carbocycles. The van der Waals surface area contributed by atoms with E-state index < -0.39 is 0 Å². The van der Waals surface area contributed by atoms with Crippen molar-refractivity contribution in [2.45, 2.75) is 13.8 Å². The quantitative estimate of drug-likeness (QED) is 0.630. The fraction of sp³-hybridized carbons (Fsp3) is 0.889. The highest BCUT2D eigenvalue weighted by Gasteiger charge is 2.19. The van der Waals surface area contributed by atoms with Crippen molar-refractivity contribution in [1.29, 1.82) is 0 Å². The summed E-state index contributed by atoms with van der Waals surface area (Å²) < 4.78 is 4.93. The smallest absolute Gasteiger partial charge is 0.309 e. The molecule has 1 rings (SSSR count). The maximum absolute atomic E-state index is 11.3. The summed E-state index contributed by atoms with van der Waals surface area (Å²) in [6, 6.07) is 0. The molecule has 0 aromatic rings. The zero-order chi connectivity index (χ0) is 9.68. The Morgan fingerprint density at radius 2 is 2.46 bits per heavy atom. The van der Waals surface area contributed by atoms with Gasteiger partial charge in [0.15, 0.2) is 0 Å². The second-order valence-corrected chi connectivity index (χ2v) is 3.39. The number of ether oxygens (including phenoxy) is 1. The second kappa shape index (κ2) is 5.19. The number of rotatable bonds is 4. The van der Waals surface area contributed by atoms with Crippen LogP contribution in [-0.2, 0) is 9.53 Å². The predicted molar refractivity (Wildman–Crippen MR) is 50.2 cm³/mol. The summed E-state index contributed by atoms with van der Waals surface area (Å²) in [5.41, 5.74) is 0. The average Bonchev–Trinajstić information content (AvgIpc) is 2.57. The van der Waals surface area contributed by atoms with E-state index in [1.807, 2.05) is 13.8 Å². The van der Waals surface area contributed by atoms with Gasteiger partial charge in [-0.25, -0.2) is 0 Å². The maximum Gasteiger partial charge on any atom is 0.309 e. The summed E-state index contributed by atoms with van der Waals surface area (Å²) in [5, 5.41) is 3.22. The lowest BCUT2D eigenvalue weighted by molar-refractivity contribution is -0.147. The van der Waals surface area contributed by atoms with Gasteiger partial charge in [-0.2, -0.15) is 0 Å². The van der Waals surface area contributed by atoms with E-state index in [1.165, 1.54) is 0 Å². The normalized spacial score (nSPS) is 20.2. The van der Waals surface area contributed by atoms with Gasteiger partial charge in [-0.1, -0.05) is 6.92 Å². The highest BCUT2D eigenvalue weighted by Crippen LogP contribution is 2.03. The van der Waals surface area contributed by atoms with Crippen molar-refractivity contribution < 1.29 is 9.53 Å². The molecule has 1 aliphatic heterocycles. The molecule has 0 aromatic carbocycles. The molecular weight excluding hydrogens is 168 g/mol. The molecule has 13 heavy (non-hydrogen) atoms. The largest absolute Gasteiger partial charge is 0.466 e. The molecule has 0 radical (unpaired) electrons. The van der Waals surface area contributed by atoms with Crippen LogP contribution in [0.4, 0.5) is 0 Å². The van der Waals surface area contributed by atoms with Crippen molar-refractivity contribution in [2.75, 3.05) is 32.9 Å². The Balaban J connectivity index is 2.22. The first kappa shape index (κ1) is 10.5. The zero-order valence-electron chi connectivity index (χ0n) is 8.38. The van der Waals surface area contributed by atoms with E-state index in [1.54, 1.807) is 0 Å². The Hall–Kier alpha value is -0.610. The van der Waals surface area contributed by atoms with Crippen LogP contribution < -0.4 is 5.32 Å². The molecule has 1 fully saturated rings. The third-order valence-electron chi connectivity index (χ3n) is 2.16. The Labute approximate surface area is 79.2 Å². The molecule has 4 heteroatoms. The molecule has 1 aliphatic rings. The molecule has 0 amide bonds. The highest BCUT2D eigenvalue weighted by molar-refractivity contribution is 5.72. The van der Waals surface area contributed by atoms with Crippen molar-refractivity contribution >= 4 is 5.97 Å². The lowest BCUT2D eigenvalue weighted by atomic mass is 10.2. The van der Waals surface area contributed by atoms with E-state index in [2.05, 4.69) is 10.2 Å². The molecule has 1 heterocycles. The number of nitrogens with zero attached hydrogens (tertiary/aromatic N) is 1. The van der Waals surface area contributed by atoms with Gasteiger partial charge in [0.05, 0.1) is 12.5 Å². The minimum atomic E-state index is -0.0885. The highest BCUT2D eigenvalue weighted by atomic mass is 16.5. The van der Waals surface area contributed by atoms with Crippen LogP contribution in [0.3, 0.4) is 0 Å². The Morgan fingerprint density at radius 3 is 3.00 bits per heavy atom. The van der Waals surface area contributed by atoms with E-state index in [-0.39, 0.29) is 11.9 Å². The standard InChI is InChI=1S/C9H18N2O2/c1-3-13-9(12)8(2)6-11-5-4-10-7-11/h8,10H,3-7H2,1-2H3. The third kappa shape index (κ3) is 3.32. The van der Waals surface area contributed by atoms with Crippen LogP contribution in [0.2, 0.25) is 0 Å². The molecule has 0 saturated carbocycles. The summed E-state index contributed by atoms with van der Waals surface area (Å²) >= 11 is 0. The van der Waals surface area contributed by atoms with Crippen molar-refractivity contribution in [3.05, 3.63) is 0 Å². The van der Waals surface area contributed by atoms with Crippen molar-refractivity contribution in [3.63, 3.8) is 0 Å². The molecule has 0 aromatic heterocycles. The van der Waals surface area contributed by atoms with E-state index in [9.17, 15) is 4.79 Å². The molecule has 1 saturated heterocycles. The fourth-order valence-corrected chi connectivity index (χ4v) is 1.46. The molecule has 0 spiro atoms. The number of carbonyl (C=O) groups is 1. The second-order valence-electron chi connectivity index (χ2n) is 3.39. The predicted octanol–water partition coefficient (Wildman–Crippen LogP) is 0.0483. The summed E-state index contributed by atoms with van der Waals surface area (Å²) in [6.07, 6.45) is 0. The summed E-state index contributed by atoms with van der Waals surface area (Å²) in [6.45, 7) is 7.97. The Kier molecular flexibility index (Phi) is 4.18. The summed E-state index contributed by atoms with van der Waals surface area (Å²) in [4.78, 5) is 13.5. The van der Waals surface area contributed by atoms with Crippen LogP contribution in [-0.4, -0.2) is 43.8 Å².